The third-order valence-electron chi connectivity index (χ3n) is 3.90. The van der Waals surface area contributed by atoms with Gasteiger partial charge in [0.05, 0.1) is 12.0 Å². The maximum atomic E-state index is 12.1. The number of amides is 3. The largest absolute Gasteiger partial charge is 0.497 e. The minimum atomic E-state index is -3.36. The third-order valence-corrected chi connectivity index (χ3v) is 5.01. The van der Waals surface area contributed by atoms with Gasteiger partial charge in [0.25, 0.3) is 0 Å². The van der Waals surface area contributed by atoms with Crippen LogP contribution in [0.1, 0.15) is 12.0 Å². The van der Waals surface area contributed by atoms with Crippen molar-refractivity contribution in [3.8, 4) is 5.75 Å². The highest BCUT2D eigenvalue weighted by Gasteiger charge is 2.11. The molecule has 0 aliphatic rings. The highest BCUT2D eigenvalue weighted by molar-refractivity contribution is 7.90. The van der Waals surface area contributed by atoms with Crippen LogP contribution in [-0.4, -0.2) is 40.3 Å². The molecule has 0 fully saturated rings. The molecule has 0 heterocycles. The molecule has 0 aliphatic heterocycles. The number of aryl methyl sites for hydroxylation is 1. The number of anilines is 2. The highest BCUT2D eigenvalue weighted by atomic mass is 32.2. The van der Waals surface area contributed by atoms with E-state index in [-0.39, 0.29) is 23.8 Å². The lowest BCUT2D eigenvalue weighted by Gasteiger charge is -2.11. The average Bonchev–Trinajstić information content (AvgIpc) is 2.63. The summed E-state index contributed by atoms with van der Waals surface area (Å²) in [5, 5.41) is 7.90. The van der Waals surface area contributed by atoms with E-state index in [1.54, 1.807) is 44.4 Å². The van der Waals surface area contributed by atoms with E-state index in [9.17, 15) is 18.0 Å². The zero-order chi connectivity index (χ0) is 20.7. The smallest absolute Gasteiger partial charge is 0.319 e. The molecule has 150 valence electrons. The van der Waals surface area contributed by atoms with Crippen molar-refractivity contribution in [2.24, 2.45) is 0 Å². The van der Waals surface area contributed by atoms with Gasteiger partial charge in [-0.15, -0.1) is 0 Å². The first kappa shape index (κ1) is 21.2. The zero-order valence-corrected chi connectivity index (χ0v) is 16.7. The maximum Gasteiger partial charge on any atom is 0.319 e. The van der Waals surface area contributed by atoms with Crippen LogP contribution >= 0.6 is 0 Å². The lowest BCUT2D eigenvalue weighted by atomic mass is 10.2. The maximum absolute atomic E-state index is 12.1. The first-order chi connectivity index (χ1) is 13.2. The molecule has 0 radical (unpaired) electrons. The van der Waals surface area contributed by atoms with Gasteiger partial charge in [0.15, 0.2) is 9.84 Å². The van der Waals surface area contributed by atoms with Crippen molar-refractivity contribution < 1.29 is 22.7 Å². The van der Waals surface area contributed by atoms with E-state index in [2.05, 4.69) is 16.0 Å². The second kappa shape index (κ2) is 9.23. The minimum Gasteiger partial charge on any atom is -0.497 e. The van der Waals surface area contributed by atoms with Gasteiger partial charge in [-0.1, -0.05) is 6.07 Å². The predicted molar refractivity (Wildman–Crippen MR) is 108 cm³/mol. The molecule has 8 nitrogen and oxygen atoms in total. The van der Waals surface area contributed by atoms with Crippen LogP contribution in [0.4, 0.5) is 16.2 Å². The Morgan fingerprint density at radius 3 is 2.32 bits per heavy atom. The van der Waals surface area contributed by atoms with E-state index < -0.39 is 15.9 Å². The Hall–Kier alpha value is -3.07. The van der Waals surface area contributed by atoms with E-state index in [1.807, 2.05) is 0 Å². The number of nitrogens with one attached hydrogen (secondary N) is 3. The fourth-order valence-corrected chi connectivity index (χ4v) is 2.97. The van der Waals surface area contributed by atoms with Crippen molar-refractivity contribution in [3.63, 3.8) is 0 Å². The van der Waals surface area contributed by atoms with Gasteiger partial charge in [0, 0.05) is 30.6 Å². The molecule has 0 unspecified atom stereocenters. The summed E-state index contributed by atoms with van der Waals surface area (Å²) in [6.07, 6.45) is 1.15. The Morgan fingerprint density at radius 2 is 1.71 bits per heavy atom. The minimum absolute atomic E-state index is 0.0403. The zero-order valence-electron chi connectivity index (χ0n) is 15.9. The topological polar surface area (TPSA) is 114 Å². The number of urea groups is 1. The highest BCUT2D eigenvalue weighted by Crippen LogP contribution is 2.20. The first-order valence-corrected chi connectivity index (χ1v) is 10.4. The number of carbonyl (C=O) groups excluding carboxylic acids is 2. The standard InChI is InChI=1S/C19H23N3O5S/c1-13-4-9-16(28(3,25)26)12-17(13)22-18(23)10-11-20-19(24)21-14-5-7-15(27-2)8-6-14/h4-9,12H,10-11H2,1-3H3,(H,22,23)(H2,20,21,24). The van der Waals surface area contributed by atoms with Gasteiger partial charge in [-0.25, -0.2) is 13.2 Å². The van der Waals surface area contributed by atoms with Crippen LogP contribution in [0, 0.1) is 6.92 Å². The average molecular weight is 405 g/mol. The van der Waals surface area contributed by atoms with Crippen molar-refractivity contribution in [3.05, 3.63) is 48.0 Å². The SMILES string of the molecule is COc1ccc(NC(=O)NCCC(=O)Nc2cc(S(C)(=O)=O)ccc2C)cc1. The number of hydrogen-bond donors (Lipinski definition) is 3. The van der Waals surface area contributed by atoms with Crippen molar-refractivity contribution in [2.45, 2.75) is 18.2 Å². The number of methoxy groups -OCH3 is 1. The van der Waals surface area contributed by atoms with Crippen LogP contribution in [-0.2, 0) is 14.6 Å². The second-order valence-electron chi connectivity index (χ2n) is 6.16. The van der Waals surface area contributed by atoms with Crippen molar-refractivity contribution >= 4 is 33.2 Å². The third kappa shape index (κ3) is 6.27. The molecule has 28 heavy (non-hydrogen) atoms. The van der Waals surface area contributed by atoms with Gasteiger partial charge in [0.2, 0.25) is 5.91 Å². The normalized spacial score (nSPS) is 10.8. The fraction of sp³-hybridized carbons (Fsp3) is 0.263. The molecular weight excluding hydrogens is 382 g/mol. The van der Waals surface area contributed by atoms with Crippen LogP contribution < -0.4 is 20.7 Å². The molecule has 9 heteroatoms. The molecular formula is C19H23N3O5S. The van der Waals surface area contributed by atoms with E-state index in [4.69, 9.17) is 4.74 Å². The summed E-state index contributed by atoms with van der Waals surface area (Å²) in [6.45, 7) is 1.89. The Labute approximate surface area is 164 Å². The van der Waals surface area contributed by atoms with Crippen LogP contribution in [0.5, 0.6) is 5.75 Å². The van der Waals surface area contributed by atoms with Crippen molar-refractivity contribution in [1.82, 2.24) is 5.32 Å². The van der Waals surface area contributed by atoms with Gasteiger partial charge in [-0.05, 0) is 48.9 Å². The van der Waals surface area contributed by atoms with Crippen LogP contribution in [0.15, 0.2) is 47.4 Å². The van der Waals surface area contributed by atoms with Gasteiger partial charge >= 0.3 is 6.03 Å². The number of ether oxygens (including phenoxy) is 1. The van der Waals surface area contributed by atoms with E-state index in [0.29, 0.717) is 17.1 Å². The molecule has 0 spiro atoms. The molecule has 0 saturated heterocycles. The molecule has 2 aromatic rings. The van der Waals surface area contributed by atoms with Gasteiger partial charge in [-0.3, -0.25) is 4.79 Å². The Morgan fingerprint density at radius 1 is 1.04 bits per heavy atom. The van der Waals surface area contributed by atoms with Crippen molar-refractivity contribution in [1.29, 1.82) is 0 Å². The molecule has 0 saturated carbocycles. The molecule has 0 atom stereocenters. The lowest BCUT2D eigenvalue weighted by Crippen LogP contribution is -2.31. The second-order valence-corrected chi connectivity index (χ2v) is 8.17. The van der Waals surface area contributed by atoms with E-state index in [0.717, 1.165) is 11.8 Å². The molecule has 0 aliphatic carbocycles. The molecule has 3 N–H and O–H groups in total. The molecule has 0 bridgehead atoms. The van der Waals surface area contributed by atoms with Gasteiger partial charge in [0.1, 0.15) is 5.75 Å². The quantitative estimate of drug-likeness (QED) is 0.655. The van der Waals surface area contributed by atoms with Gasteiger partial charge < -0.3 is 20.7 Å². The molecule has 0 aromatic heterocycles. The summed E-state index contributed by atoms with van der Waals surface area (Å²) in [7, 11) is -1.81. The summed E-state index contributed by atoms with van der Waals surface area (Å²) in [5.41, 5.74) is 1.76. The van der Waals surface area contributed by atoms with Crippen LogP contribution in [0.3, 0.4) is 0 Å². The number of sulfone groups is 1. The monoisotopic (exact) mass is 405 g/mol. The Bertz CT molecular complexity index is 956. The summed E-state index contributed by atoms with van der Waals surface area (Å²) in [6, 6.07) is 10.9. The molecule has 2 rings (SSSR count). The number of rotatable bonds is 7. The summed E-state index contributed by atoms with van der Waals surface area (Å²) < 4.78 is 28.3. The summed E-state index contributed by atoms with van der Waals surface area (Å²) in [5.74, 6) is 0.344. The number of benzene rings is 2. The first-order valence-electron chi connectivity index (χ1n) is 8.48. The number of carbonyl (C=O) groups is 2. The summed E-state index contributed by atoms with van der Waals surface area (Å²) in [4.78, 5) is 24.1. The Balaban J connectivity index is 1.83. The number of hydrogen-bond acceptors (Lipinski definition) is 5. The molecule has 2 aromatic carbocycles. The Kier molecular flexibility index (Phi) is 7.00. The fourth-order valence-electron chi connectivity index (χ4n) is 2.32. The van der Waals surface area contributed by atoms with Crippen LogP contribution in [0.25, 0.3) is 0 Å². The lowest BCUT2D eigenvalue weighted by molar-refractivity contribution is -0.116. The van der Waals surface area contributed by atoms with Crippen LogP contribution in [0.2, 0.25) is 0 Å². The van der Waals surface area contributed by atoms with E-state index in [1.165, 1.54) is 12.1 Å². The molecule has 3 amide bonds. The predicted octanol–water partition coefficient (Wildman–Crippen LogP) is 2.56. The van der Waals surface area contributed by atoms with Crippen molar-refractivity contribution in [2.75, 3.05) is 30.5 Å². The summed E-state index contributed by atoms with van der Waals surface area (Å²) >= 11 is 0. The van der Waals surface area contributed by atoms with E-state index >= 15 is 0 Å². The van der Waals surface area contributed by atoms with Gasteiger partial charge in [-0.2, -0.15) is 0 Å².